The summed E-state index contributed by atoms with van der Waals surface area (Å²) in [6, 6.07) is 7.03. The highest BCUT2D eigenvalue weighted by atomic mass is 32.2. The fourth-order valence-electron chi connectivity index (χ4n) is 2.90. The van der Waals surface area contributed by atoms with Crippen molar-refractivity contribution in [2.75, 3.05) is 5.73 Å². The number of hydrogen-bond donors (Lipinski definition) is 2. The monoisotopic (exact) mass is 322 g/mol. The molecule has 4 nitrogen and oxygen atoms in total. The zero-order chi connectivity index (χ0) is 15.0. The van der Waals surface area contributed by atoms with E-state index in [4.69, 9.17) is 5.73 Å². The number of anilines is 1. The van der Waals surface area contributed by atoms with Crippen molar-refractivity contribution in [1.82, 2.24) is 4.72 Å². The predicted molar refractivity (Wildman–Crippen MR) is 85.9 cm³/mol. The Balaban J connectivity index is 1.95. The summed E-state index contributed by atoms with van der Waals surface area (Å²) in [6.07, 6.45) is 2.87. The molecule has 6 heteroatoms. The fraction of sp³-hybridized carbons (Fsp3) is 0.333. The molecular formula is C15H18N2O2S2. The molecule has 0 saturated heterocycles. The highest BCUT2D eigenvalue weighted by molar-refractivity contribution is 7.89. The Morgan fingerprint density at radius 2 is 2.14 bits per heavy atom. The van der Waals surface area contributed by atoms with Crippen LogP contribution in [-0.2, 0) is 16.4 Å². The average molecular weight is 322 g/mol. The number of thiophene rings is 1. The van der Waals surface area contributed by atoms with Crippen LogP contribution in [0.4, 0.5) is 5.69 Å². The van der Waals surface area contributed by atoms with Crippen LogP contribution in [0.2, 0.25) is 0 Å². The maximum atomic E-state index is 12.7. The number of nitrogens with two attached hydrogens (primary N) is 1. The van der Waals surface area contributed by atoms with Gasteiger partial charge in [-0.2, -0.15) is 0 Å². The van der Waals surface area contributed by atoms with Crippen molar-refractivity contribution in [3.63, 3.8) is 0 Å². The van der Waals surface area contributed by atoms with Crippen LogP contribution in [0.25, 0.3) is 0 Å². The van der Waals surface area contributed by atoms with E-state index in [2.05, 4.69) is 4.72 Å². The van der Waals surface area contributed by atoms with Crippen molar-refractivity contribution in [3.8, 4) is 0 Å². The number of sulfonamides is 1. The molecule has 0 spiro atoms. The van der Waals surface area contributed by atoms with Gasteiger partial charge in [-0.05, 0) is 54.8 Å². The second-order valence-electron chi connectivity index (χ2n) is 5.36. The maximum absolute atomic E-state index is 12.7. The summed E-state index contributed by atoms with van der Waals surface area (Å²) >= 11 is 1.70. The molecule has 1 aliphatic carbocycles. The third-order valence-electron chi connectivity index (χ3n) is 3.86. The SMILES string of the molecule is Cc1cccc(N)c1S(=O)(=O)NC1CCCc2sccc21. The third kappa shape index (κ3) is 2.71. The van der Waals surface area contributed by atoms with E-state index in [-0.39, 0.29) is 10.9 Å². The number of rotatable bonds is 3. The molecule has 1 aromatic heterocycles. The molecule has 0 fully saturated rings. The van der Waals surface area contributed by atoms with E-state index in [0.29, 0.717) is 11.3 Å². The van der Waals surface area contributed by atoms with Crippen LogP contribution >= 0.6 is 11.3 Å². The van der Waals surface area contributed by atoms with Crippen LogP contribution in [0.5, 0.6) is 0 Å². The van der Waals surface area contributed by atoms with Crippen LogP contribution in [-0.4, -0.2) is 8.42 Å². The molecule has 1 unspecified atom stereocenters. The summed E-state index contributed by atoms with van der Waals surface area (Å²) in [4.78, 5) is 1.49. The molecule has 1 heterocycles. The van der Waals surface area contributed by atoms with E-state index in [0.717, 1.165) is 24.8 Å². The molecule has 2 aromatic rings. The molecule has 0 amide bonds. The number of nitrogen functional groups attached to an aromatic ring is 1. The standard InChI is InChI=1S/C15H18N2O2S2/c1-10-4-2-5-12(16)15(10)21(18,19)17-13-6-3-7-14-11(13)8-9-20-14/h2,4-5,8-9,13,17H,3,6-7,16H2,1H3. The Labute approximate surface area is 129 Å². The van der Waals surface area contributed by atoms with Gasteiger partial charge >= 0.3 is 0 Å². The van der Waals surface area contributed by atoms with Crippen LogP contribution < -0.4 is 10.5 Å². The Kier molecular flexibility index (Phi) is 3.77. The minimum absolute atomic E-state index is 0.149. The number of hydrogen-bond acceptors (Lipinski definition) is 4. The van der Waals surface area contributed by atoms with Crippen molar-refractivity contribution >= 4 is 27.0 Å². The Bertz CT molecular complexity index is 745. The summed E-state index contributed by atoms with van der Waals surface area (Å²) in [5, 5.41) is 2.03. The summed E-state index contributed by atoms with van der Waals surface area (Å²) in [7, 11) is -3.61. The van der Waals surface area contributed by atoms with Gasteiger partial charge in [0, 0.05) is 10.9 Å². The van der Waals surface area contributed by atoms with Crippen molar-refractivity contribution in [3.05, 3.63) is 45.6 Å². The summed E-state index contributed by atoms with van der Waals surface area (Å²) in [5.41, 5.74) is 7.95. The van der Waals surface area contributed by atoms with Gasteiger partial charge in [-0.3, -0.25) is 0 Å². The zero-order valence-corrected chi connectivity index (χ0v) is 13.4. The second kappa shape index (κ2) is 5.44. The minimum atomic E-state index is -3.61. The topological polar surface area (TPSA) is 72.2 Å². The molecule has 3 N–H and O–H groups in total. The number of nitrogens with one attached hydrogen (secondary N) is 1. The van der Waals surface area contributed by atoms with Gasteiger partial charge in [-0.1, -0.05) is 12.1 Å². The Morgan fingerprint density at radius 1 is 1.33 bits per heavy atom. The van der Waals surface area contributed by atoms with Gasteiger partial charge in [0.25, 0.3) is 0 Å². The molecule has 3 rings (SSSR count). The van der Waals surface area contributed by atoms with Gasteiger partial charge in [0.15, 0.2) is 0 Å². The van der Waals surface area contributed by atoms with Crippen molar-refractivity contribution in [2.45, 2.75) is 37.1 Å². The summed E-state index contributed by atoms with van der Waals surface area (Å²) < 4.78 is 28.2. The van der Waals surface area contributed by atoms with Crippen molar-refractivity contribution in [2.24, 2.45) is 0 Å². The highest BCUT2D eigenvalue weighted by Crippen LogP contribution is 2.35. The predicted octanol–water partition coefficient (Wildman–Crippen LogP) is 2.99. The smallest absolute Gasteiger partial charge is 0.243 e. The lowest BCUT2D eigenvalue weighted by molar-refractivity contribution is 0.511. The Morgan fingerprint density at radius 3 is 2.90 bits per heavy atom. The summed E-state index contributed by atoms with van der Waals surface area (Å²) in [6.45, 7) is 1.77. The molecule has 0 radical (unpaired) electrons. The molecule has 1 atom stereocenters. The molecule has 0 saturated carbocycles. The minimum Gasteiger partial charge on any atom is -0.398 e. The molecule has 1 aromatic carbocycles. The van der Waals surface area contributed by atoms with E-state index in [1.165, 1.54) is 4.88 Å². The molecular weight excluding hydrogens is 304 g/mol. The quantitative estimate of drug-likeness (QED) is 0.853. The van der Waals surface area contributed by atoms with E-state index in [9.17, 15) is 8.42 Å². The lowest BCUT2D eigenvalue weighted by atomic mass is 9.95. The Hall–Kier alpha value is -1.37. The van der Waals surface area contributed by atoms with Crippen LogP contribution in [0.3, 0.4) is 0 Å². The largest absolute Gasteiger partial charge is 0.398 e. The van der Waals surface area contributed by atoms with E-state index >= 15 is 0 Å². The molecule has 1 aliphatic rings. The average Bonchev–Trinajstić information content (AvgIpc) is 2.87. The summed E-state index contributed by atoms with van der Waals surface area (Å²) in [5.74, 6) is 0. The molecule has 0 aliphatic heterocycles. The van der Waals surface area contributed by atoms with Crippen LogP contribution in [0.1, 0.15) is 34.9 Å². The van der Waals surface area contributed by atoms with Gasteiger partial charge < -0.3 is 5.73 Å². The first-order valence-electron chi connectivity index (χ1n) is 6.93. The molecule has 21 heavy (non-hydrogen) atoms. The fourth-order valence-corrected chi connectivity index (χ4v) is 5.49. The van der Waals surface area contributed by atoms with Gasteiger partial charge in [0.1, 0.15) is 4.90 Å². The number of fused-ring (bicyclic) bond motifs is 1. The highest BCUT2D eigenvalue weighted by Gasteiger charge is 2.28. The number of aryl methyl sites for hydroxylation is 2. The lowest BCUT2D eigenvalue weighted by Gasteiger charge is -2.24. The maximum Gasteiger partial charge on any atom is 0.243 e. The molecule has 0 bridgehead atoms. The third-order valence-corrected chi connectivity index (χ3v) is 6.55. The van der Waals surface area contributed by atoms with Crippen molar-refractivity contribution in [1.29, 1.82) is 0 Å². The number of benzene rings is 1. The normalized spacial score (nSPS) is 18.4. The molecule has 112 valence electrons. The van der Waals surface area contributed by atoms with Gasteiger partial charge in [0.05, 0.1) is 5.69 Å². The van der Waals surface area contributed by atoms with Crippen molar-refractivity contribution < 1.29 is 8.42 Å². The van der Waals surface area contributed by atoms with Crippen LogP contribution in [0, 0.1) is 6.92 Å². The van der Waals surface area contributed by atoms with E-state index in [1.807, 2.05) is 11.4 Å². The van der Waals surface area contributed by atoms with E-state index < -0.39 is 10.0 Å². The first-order chi connectivity index (χ1) is 9.99. The van der Waals surface area contributed by atoms with E-state index in [1.54, 1.807) is 36.5 Å². The zero-order valence-electron chi connectivity index (χ0n) is 11.8. The van der Waals surface area contributed by atoms with Gasteiger partial charge in [-0.15, -0.1) is 11.3 Å². The second-order valence-corrected chi connectivity index (χ2v) is 8.01. The first-order valence-corrected chi connectivity index (χ1v) is 9.29. The van der Waals surface area contributed by atoms with Crippen LogP contribution in [0.15, 0.2) is 34.5 Å². The van der Waals surface area contributed by atoms with Gasteiger partial charge in [-0.25, -0.2) is 13.1 Å². The lowest BCUT2D eigenvalue weighted by Crippen LogP contribution is -2.31. The first kappa shape index (κ1) is 14.6. The van der Waals surface area contributed by atoms with Gasteiger partial charge in [0.2, 0.25) is 10.0 Å².